The number of rotatable bonds is 4. The number of benzene rings is 1. The second-order valence-electron chi connectivity index (χ2n) is 4.07. The third-order valence-electron chi connectivity index (χ3n) is 2.67. The Morgan fingerprint density at radius 3 is 2.70 bits per heavy atom. The van der Waals surface area contributed by atoms with E-state index in [2.05, 4.69) is 15.4 Å². The van der Waals surface area contributed by atoms with E-state index in [1.165, 1.54) is 12.4 Å². The molecule has 0 amide bonds. The molecule has 0 aliphatic carbocycles. The Morgan fingerprint density at radius 1 is 1.30 bits per heavy atom. The van der Waals surface area contributed by atoms with Gasteiger partial charge in [0.2, 0.25) is 0 Å². The molecule has 8 heteroatoms. The lowest BCUT2D eigenvalue weighted by molar-refractivity contribution is -0.137. The lowest BCUT2D eigenvalue weighted by Gasteiger charge is -2.11. The number of aromatic nitrogens is 3. The first-order chi connectivity index (χ1) is 9.40. The van der Waals surface area contributed by atoms with E-state index in [0.717, 1.165) is 12.1 Å². The van der Waals surface area contributed by atoms with Gasteiger partial charge < -0.3 is 5.32 Å². The molecule has 0 bridgehead atoms. The second kappa shape index (κ2) is 5.70. The van der Waals surface area contributed by atoms with E-state index in [9.17, 15) is 13.2 Å². The number of hydrogen-bond donors (Lipinski definition) is 1. The zero-order valence-electron chi connectivity index (χ0n) is 10.6. The van der Waals surface area contributed by atoms with E-state index < -0.39 is 11.7 Å². The van der Waals surface area contributed by atoms with Crippen LogP contribution in [0.4, 0.5) is 18.9 Å². The van der Waals surface area contributed by atoms with Crippen LogP contribution in [0.5, 0.6) is 0 Å². The Balaban J connectivity index is 2.16. The summed E-state index contributed by atoms with van der Waals surface area (Å²) in [6.07, 6.45) is -3.02. The van der Waals surface area contributed by atoms with Gasteiger partial charge in [-0.05, 0) is 25.1 Å². The molecule has 1 aromatic carbocycles. The van der Waals surface area contributed by atoms with Gasteiger partial charge in [-0.2, -0.15) is 18.3 Å². The molecule has 1 N–H and O–H groups in total. The van der Waals surface area contributed by atoms with Crippen LogP contribution in [0.25, 0.3) is 0 Å². The van der Waals surface area contributed by atoms with Crippen molar-refractivity contribution in [1.29, 1.82) is 0 Å². The van der Waals surface area contributed by atoms with Gasteiger partial charge in [-0.25, -0.2) is 9.67 Å². The maximum atomic E-state index is 12.7. The Kier molecular flexibility index (Phi) is 4.17. The first-order valence-corrected chi connectivity index (χ1v) is 6.26. The Hall–Kier alpha value is -1.76. The third-order valence-corrected chi connectivity index (χ3v) is 2.89. The van der Waals surface area contributed by atoms with Gasteiger partial charge >= 0.3 is 6.18 Å². The topological polar surface area (TPSA) is 42.7 Å². The second-order valence-corrected chi connectivity index (χ2v) is 4.51. The summed E-state index contributed by atoms with van der Waals surface area (Å²) in [5, 5.41) is 6.88. The third kappa shape index (κ3) is 3.41. The molecule has 4 nitrogen and oxygen atoms in total. The smallest absolute Gasteiger partial charge is 0.378 e. The maximum absolute atomic E-state index is 12.7. The van der Waals surface area contributed by atoms with Crippen molar-refractivity contribution in [2.24, 2.45) is 0 Å². The van der Waals surface area contributed by atoms with E-state index in [-0.39, 0.29) is 17.3 Å². The highest BCUT2D eigenvalue weighted by Crippen LogP contribution is 2.33. The average Bonchev–Trinajstić information content (AvgIpc) is 2.82. The Bertz CT molecular complexity index is 595. The van der Waals surface area contributed by atoms with Crippen molar-refractivity contribution in [2.75, 3.05) is 5.32 Å². The van der Waals surface area contributed by atoms with Crippen LogP contribution in [0.2, 0.25) is 5.02 Å². The summed E-state index contributed by atoms with van der Waals surface area (Å²) in [4.78, 5) is 4.03. The van der Waals surface area contributed by atoms with Gasteiger partial charge in [0, 0.05) is 17.3 Å². The molecule has 1 aromatic heterocycles. The molecule has 0 saturated heterocycles. The largest absolute Gasteiger partial charge is 0.416 e. The van der Waals surface area contributed by atoms with Crippen molar-refractivity contribution in [3.63, 3.8) is 0 Å². The van der Waals surface area contributed by atoms with Crippen LogP contribution >= 0.6 is 11.6 Å². The predicted octanol–water partition coefficient (Wildman–Crippen LogP) is 3.58. The fraction of sp³-hybridized carbons (Fsp3) is 0.333. The number of hydrogen-bond acceptors (Lipinski definition) is 3. The number of nitrogens with one attached hydrogen (secondary N) is 1. The SMILES string of the molecule is CCn1ncnc1CNc1cc(Cl)cc(C(F)(F)F)c1. The highest BCUT2D eigenvalue weighted by Gasteiger charge is 2.31. The van der Waals surface area contributed by atoms with Crippen LogP contribution in [-0.4, -0.2) is 14.8 Å². The minimum Gasteiger partial charge on any atom is -0.378 e. The van der Waals surface area contributed by atoms with E-state index in [0.29, 0.717) is 12.4 Å². The maximum Gasteiger partial charge on any atom is 0.416 e. The van der Waals surface area contributed by atoms with Crippen LogP contribution in [0.3, 0.4) is 0 Å². The quantitative estimate of drug-likeness (QED) is 0.939. The number of aryl methyl sites for hydroxylation is 1. The minimum atomic E-state index is -4.43. The molecule has 0 spiro atoms. The van der Waals surface area contributed by atoms with Crippen LogP contribution in [0, 0.1) is 0 Å². The molecular weight excluding hydrogens is 293 g/mol. The molecule has 108 valence electrons. The van der Waals surface area contributed by atoms with Crippen molar-refractivity contribution < 1.29 is 13.2 Å². The van der Waals surface area contributed by atoms with E-state index in [1.54, 1.807) is 4.68 Å². The van der Waals surface area contributed by atoms with Gasteiger partial charge in [0.15, 0.2) is 0 Å². The monoisotopic (exact) mass is 304 g/mol. The van der Waals surface area contributed by atoms with Crippen molar-refractivity contribution in [1.82, 2.24) is 14.8 Å². The summed E-state index contributed by atoms with van der Waals surface area (Å²) in [6.45, 7) is 2.81. The Labute approximate surface area is 118 Å². The fourth-order valence-electron chi connectivity index (χ4n) is 1.73. The Morgan fingerprint density at radius 2 is 2.05 bits per heavy atom. The number of halogens is 4. The van der Waals surface area contributed by atoms with E-state index in [4.69, 9.17) is 11.6 Å². The van der Waals surface area contributed by atoms with Crippen LogP contribution in [0.15, 0.2) is 24.5 Å². The van der Waals surface area contributed by atoms with Crippen molar-refractivity contribution >= 4 is 17.3 Å². The zero-order valence-corrected chi connectivity index (χ0v) is 11.3. The molecule has 0 atom stereocenters. The molecule has 2 aromatic rings. The van der Waals surface area contributed by atoms with Gasteiger partial charge in [0.25, 0.3) is 0 Å². The van der Waals surface area contributed by atoms with Gasteiger partial charge in [-0.3, -0.25) is 0 Å². The summed E-state index contributed by atoms with van der Waals surface area (Å²) in [6, 6.07) is 3.34. The average molecular weight is 305 g/mol. The van der Waals surface area contributed by atoms with Crippen molar-refractivity contribution in [3.05, 3.63) is 40.9 Å². The standard InChI is InChI=1S/C12H12ClF3N4/c1-2-20-11(18-7-19-20)6-17-10-4-8(12(14,15)16)3-9(13)5-10/h3-5,7,17H,2,6H2,1H3. The van der Waals surface area contributed by atoms with Gasteiger partial charge in [0.1, 0.15) is 12.2 Å². The number of alkyl halides is 3. The molecule has 2 rings (SSSR count). The van der Waals surface area contributed by atoms with Gasteiger partial charge in [0.05, 0.1) is 12.1 Å². The molecule has 0 fully saturated rings. The minimum absolute atomic E-state index is 0.0271. The van der Waals surface area contributed by atoms with Crippen molar-refractivity contribution in [2.45, 2.75) is 26.2 Å². The summed E-state index contributed by atoms with van der Waals surface area (Å²) in [5.74, 6) is 0.640. The normalized spacial score (nSPS) is 11.7. The zero-order chi connectivity index (χ0) is 14.8. The first kappa shape index (κ1) is 14.6. The number of anilines is 1. The highest BCUT2D eigenvalue weighted by molar-refractivity contribution is 6.30. The van der Waals surface area contributed by atoms with E-state index >= 15 is 0 Å². The van der Waals surface area contributed by atoms with Crippen LogP contribution in [-0.2, 0) is 19.3 Å². The summed E-state index contributed by atoms with van der Waals surface area (Å²) < 4.78 is 39.7. The van der Waals surface area contributed by atoms with E-state index in [1.807, 2.05) is 6.92 Å². The molecule has 0 aliphatic rings. The lowest BCUT2D eigenvalue weighted by Crippen LogP contribution is -2.10. The molecule has 0 saturated carbocycles. The van der Waals surface area contributed by atoms with Gasteiger partial charge in [-0.15, -0.1) is 0 Å². The molecule has 0 unspecified atom stereocenters. The lowest BCUT2D eigenvalue weighted by atomic mass is 10.2. The van der Waals surface area contributed by atoms with Crippen molar-refractivity contribution in [3.8, 4) is 0 Å². The molecular formula is C12H12ClF3N4. The summed E-state index contributed by atoms with van der Waals surface area (Å²) >= 11 is 5.70. The summed E-state index contributed by atoms with van der Waals surface area (Å²) in [5.41, 5.74) is -0.500. The predicted molar refractivity (Wildman–Crippen MR) is 69.5 cm³/mol. The molecule has 0 aliphatic heterocycles. The molecule has 1 heterocycles. The van der Waals surface area contributed by atoms with Gasteiger partial charge in [-0.1, -0.05) is 11.6 Å². The van der Waals surface area contributed by atoms with Crippen LogP contribution < -0.4 is 5.32 Å². The fourth-order valence-corrected chi connectivity index (χ4v) is 1.96. The highest BCUT2D eigenvalue weighted by atomic mass is 35.5. The molecule has 20 heavy (non-hydrogen) atoms. The number of nitrogens with zero attached hydrogens (tertiary/aromatic N) is 3. The summed E-state index contributed by atoms with van der Waals surface area (Å²) in [7, 11) is 0. The van der Waals surface area contributed by atoms with Crippen LogP contribution in [0.1, 0.15) is 18.3 Å². The molecule has 0 radical (unpaired) electrons. The first-order valence-electron chi connectivity index (χ1n) is 5.88.